The second-order valence-electron chi connectivity index (χ2n) is 6.64. The van der Waals surface area contributed by atoms with E-state index in [-0.39, 0.29) is 17.7 Å². The molecule has 0 saturated heterocycles. The highest BCUT2D eigenvalue weighted by molar-refractivity contribution is 5.95. The Bertz CT molecular complexity index is 859. The molecule has 0 aliphatic heterocycles. The number of amides is 3. The molecule has 3 amide bonds. The zero-order valence-corrected chi connectivity index (χ0v) is 17.0. The molecular formula is C20H29N5O3. The minimum atomic E-state index is -0.243. The van der Waals surface area contributed by atoms with Gasteiger partial charge in [-0.25, -0.2) is 4.98 Å². The van der Waals surface area contributed by atoms with Crippen LogP contribution in [0.15, 0.2) is 18.3 Å². The maximum atomic E-state index is 12.5. The fraction of sp³-hybridized carbons (Fsp3) is 0.500. The molecule has 8 nitrogen and oxygen atoms in total. The molecule has 2 N–H and O–H groups in total. The van der Waals surface area contributed by atoms with Crippen LogP contribution in [-0.4, -0.2) is 46.7 Å². The molecule has 8 heteroatoms. The lowest BCUT2D eigenvalue weighted by Crippen LogP contribution is -2.34. The van der Waals surface area contributed by atoms with Crippen LogP contribution in [0.5, 0.6) is 0 Å². The largest absolute Gasteiger partial charge is 0.355 e. The number of hydrogen-bond acceptors (Lipinski definition) is 4. The number of rotatable bonds is 9. The highest BCUT2D eigenvalue weighted by Crippen LogP contribution is 2.25. The number of carbonyl (C=O) groups excluding carboxylic acids is 3. The number of anilines is 1. The molecule has 0 unspecified atom stereocenters. The number of carbonyl (C=O) groups is 3. The second kappa shape index (κ2) is 9.87. The van der Waals surface area contributed by atoms with Crippen molar-refractivity contribution < 1.29 is 14.4 Å². The van der Waals surface area contributed by atoms with Crippen LogP contribution in [0.25, 0.3) is 5.65 Å². The summed E-state index contributed by atoms with van der Waals surface area (Å²) in [4.78, 5) is 42.0. The number of fused-ring (bicyclic) bond motifs is 1. The summed E-state index contributed by atoms with van der Waals surface area (Å²) in [5, 5.41) is 5.41. The van der Waals surface area contributed by atoms with Crippen molar-refractivity contribution in [3.8, 4) is 0 Å². The molecule has 0 atom stereocenters. The maximum absolute atomic E-state index is 12.5. The lowest BCUT2D eigenvalue weighted by atomic mass is 10.2. The van der Waals surface area contributed by atoms with Gasteiger partial charge in [-0.2, -0.15) is 0 Å². The number of imidazole rings is 1. The molecule has 0 radical (unpaired) electrons. The third kappa shape index (κ3) is 5.09. The Morgan fingerprint density at radius 2 is 1.82 bits per heavy atom. The quantitative estimate of drug-likeness (QED) is 0.643. The predicted octanol–water partition coefficient (Wildman–Crippen LogP) is 1.92. The monoisotopic (exact) mass is 387 g/mol. The summed E-state index contributed by atoms with van der Waals surface area (Å²) in [6.45, 7) is 8.38. The van der Waals surface area contributed by atoms with Crippen LogP contribution in [0.1, 0.15) is 56.6 Å². The summed E-state index contributed by atoms with van der Waals surface area (Å²) in [5.74, 6) is 0.302. The van der Waals surface area contributed by atoms with Gasteiger partial charge in [-0.15, -0.1) is 0 Å². The van der Waals surface area contributed by atoms with E-state index in [0.717, 1.165) is 24.4 Å². The second-order valence-corrected chi connectivity index (χ2v) is 6.64. The first kappa shape index (κ1) is 21.4. The van der Waals surface area contributed by atoms with Crippen molar-refractivity contribution >= 4 is 29.2 Å². The molecule has 0 aromatic carbocycles. The Kier molecular flexibility index (Phi) is 7.54. The molecule has 2 rings (SSSR count). The highest BCUT2D eigenvalue weighted by atomic mass is 16.2. The summed E-state index contributed by atoms with van der Waals surface area (Å²) >= 11 is 0. The van der Waals surface area contributed by atoms with Crippen LogP contribution in [-0.2, 0) is 16.0 Å². The predicted molar refractivity (Wildman–Crippen MR) is 109 cm³/mol. The molecule has 2 aromatic heterocycles. The Hall–Kier alpha value is -2.90. The number of hydrogen-bond donors (Lipinski definition) is 2. The third-order valence-electron chi connectivity index (χ3n) is 4.42. The lowest BCUT2D eigenvalue weighted by Gasteiger charge is -2.21. The smallest absolute Gasteiger partial charge is 0.252 e. The van der Waals surface area contributed by atoms with Crippen molar-refractivity contribution in [2.75, 3.05) is 24.5 Å². The Balaban J connectivity index is 2.33. The zero-order chi connectivity index (χ0) is 20.7. The zero-order valence-electron chi connectivity index (χ0n) is 17.0. The van der Waals surface area contributed by atoms with E-state index < -0.39 is 0 Å². The molecule has 0 bridgehead atoms. The molecule has 0 spiro atoms. The summed E-state index contributed by atoms with van der Waals surface area (Å²) in [7, 11) is 0. The van der Waals surface area contributed by atoms with Crippen molar-refractivity contribution in [3.05, 3.63) is 29.6 Å². The summed E-state index contributed by atoms with van der Waals surface area (Å²) in [6.07, 6.45) is 4.26. The normalized spacial score (nSPS) is 10.7. The van der Waals surface area contributed by atoms with Crippen LogP contribution < -0.4 is 15.5 Å². The summed E-state index contributed by atoms with van der Waals surface area (Å²) < 4.78 is 1.82. The van der Waals surface area contributed by atoms with Crippen LogP contribution in [0.4, 0.5) is 5.82 Å². The maximum Gasteiger partial charge on any atom is 0.252 e. The number of aryl methyl sites for hydroxylation is 1. The topological polar surface area (TPSA) is 95.8 Å². The van der Waals surface area contributed by atoms with Crippen molar-refractivity contribution in [1.82, 2.24) is 20.0 Å². The van der Waals surface area contributed by atoms with E-state index in [1.165, 1.54) is 6.92 Å². The van der Waals surface area contributed by atoms with Crippen LogP contribution in [0, 0.1) is 0 Å². The van der Waals surface area contributed by atoms with E-state index in [0.29, 0.717) is 37.3 Å². The van der Waals surface area contributed by atoms with Gasteiger partial charge in [-0.05, 0) is 25.0 Å². The van der Waals surface area contributed by atoms with Gasteiger partial charge < -0.3 is 10.6 Å². The summed E-state index contributed by atoms with van der Waals surface area (Å²) in [5.41, 5.74) is 1.99. The Morgan fingerprint density at radius 1 is 1.11 bits per heavy atom. The fourth-order valence-electron chi connectivity index (χ4n) is 2.98. The number of nitrogens with zero attached hydrogens (tertiary/aromatic N) is 3. The van der Waals surface area contributed by atoms with Gasteiger partial charge in [0.05, 0.1) is 11.3 Å². The number of pyridine rings is 1. The lowest BCUT2D eigenvalue weighted by molar-refractivity contribution is -0.119. The van der Waals surface area contributed by atoms with Crippen LogP contribution in [0.2, 0.25) is 0 Å². The van der Waals surface area contributed by atoms with E-state index >= 15 is 0 Å². The molecule has 2 heterocycles. The minimum Gasteiger partial charge on any atom is -0.355 e. The number of nitrogens with one attached hydrogen (secondary N) is 2. The average molecular weight is 387 g/mol. The van der Waals surface area contributed by atoms with Crippen LogP contribution in [0.3, 0.4) is 0 Å². The van der Waals surface area contributed by atoms with Gasteiger partial charge in [-0.1, -0.05) is 20.3 Å². The van der Waals surface area contributed by atoms with Gasteiger partial charge in [-0.3, -0.25) is 23.7 Å². The first-order valence-electron chi connectivity index (χ1n) is 9.70. The van der Waals surface area contributed by atoms with E-state index in [4.69, 9.17) is 0 Å². The van der Waals surface area contributed by atoms with E-state index in [1.54, 1.807) is 30.2 Å². The molecular weight excluding hydrogens is 358 g/mol. The molecule has 28 heavy (non-hydrogen) atoms. The standard InChI is InChI=1S/C20H29N5O3/c1-5-7-12-24(15(4)27)20-17(6-2)23-18-9-8-16(13-25(18)20)19(28)22-11-10-21-14(3)26/h8-9,13H,5-7,10-12H2,1-4H3,(H,21,26)(H,22,28). The van der Waals surface area contributed by atoms with Crippen molar-refractivity contribution in [2.45, 2.75) is 47.0 Å². The van der Waals surface area contributed by atoms with E-state index in [9.17, 15) is 14.4 Å². The molecule has 0 saturated carbocycles. The van der Waals surface area contributed by atoms with Crippen molar-refractivity contribution in [2.24, 2.45) is 0 Å². The average Bonchev–Trinajstić information content (AvgIpc) is 3.02. The fourth-order valence-corrected chi connectivity index (χ4v) is 2.98. The molecule has 0 aliphatic rings. The van der Waals surface area contributed by atoms with Gasteiger partial charge in [0.1, 0.15) is 11.5 Å². The SMILES string of the molecule is CCCCN(C(C)=O)c1c(CC)nc2ccc(C(=O)NCCNC(C)=O)cn12. The van der Waals surface area contributed by atoms with Gasteiger partial charge in [0, 0.05) is 39.7 Å². The number of aromatic nitrogens is 2. The Morgan fingerprint density at radius 3 is 2.43 bits per heavy atom. The van der Waals surface area contributed by atoms with Gasteiger partial charge in [0.15, 0.2) is 0 Å². The molecule has 0 aliphatic carbocycles. The highest BCUT2D eigenvalue weighted by Gasteiger charge is 2.21. The molecule has 0 fully saturated rings. The first-order valence-corrected chi connectivity index (χ1v) is 9.70. The number of unbranched alkanes of at least 4 members (excludes halogenated alkanes) is 1. The van der Waals surface area contributed by atoms with E-state index in [2.05, 4.69) is 22.5 Å². The van der Waals surface area contributed by atoms with Gasteiger partial charge in [0.2, 0.25) is 11.8 Å². The minimum absolute atomic E-state index is 0.0462. The van der Waals surface area contributed by atoms with E-state index in [1.807, 2.05) is 11.3 Å². The van der Waals surface area contributed by atoms with Gasteiger partial charge in [0.25, 0.3) is 5.91 Å². The van der Waals surface area contributed by atoms with Crippen LogP contribution >= 0.6 is 0 Å². The van der Waals surface area contributed by atoms with Crippen molar-refractivity contribution in [3.63, 3.8) is 0 Å². The molecule has 152 valence electrons. The van der Waals surface area contributed by atoms with Gasteiger partial charge >= 0.3 is 0 Å². The molecule has 2 aromatic rings. The first-order chi connectivity index (χ1) is 13.4. The third-order valence-corrected chi connectivity index (χ3v) is 4.42. The summed E-state index contributed by atoms with van der Waals surface area (Å²) in [6, 6.07) is 3.49. The Labute approximate surface area is 165 Å². The van der Waals surface area contributed by atoms with Crippen molar-refractivity contribution in [1.29, 1.82) is 0 Å².